The van der Waals surface area contributed by atoms with Crippen LogP contribution in [-0.4, -0.2) is 12.5 Å². The summed E-state index contributed by atoms with van der Waals surface area (Å²) >= 11 is 0. The molecule has 0 bridgehead atoms. The molecule has 0 radical (unpaired) electrons. The van der Waals surface area contributed by atoms with Crippen molar-refractivity contribution in [3.8, 4) is 5.75 Å². The van der Waals surface area contributed by atoms with Crippen molar-refractivity contribution in [2.75, 3.05) is 6.61 Å². The van der Waals surface area contributed by atoms with E-state index in [4.69, 9.17) is 10.5 Å². The van der Waals surface area contributed by atoms with E-state index < -0.39 is 5.91 Å². The highest BCUT2D eigenvalue weighted by atomic mass is 16.5. The van der Waals surface area contributed by atoms with Crippen LogP contribution in [0.2, 0.25) is 0 Å². The van der Waals surface area contributed by atoms with Gasteiger partial charge >= 0.3 is 0 Å². The third-order valence-corrected chi connectivity index (χ3v) is 2.64. The van der Waals surface area contributed by atoms with Crippen LogP contribution < -0.4 is 10.5 Å². The van der Waals surface area contributed by atoms with E-state index >= 15 is 0 Å². The molecule has 0 atom stereocenters. The molecule has 1 aromatic rings. The van der Waals surface area contributed by atoms with Gasteiger partial charge in [-0.25, -0.2) is 0 Å². The number of benzene rings is 1. The lowest BCUT2D eigenvalue weighted by Gasteiger charge is -2.24. The molecule has 0 aliphatic heterocycles. The molecule has 0 heterocycles. The van der Waals surface area contributed by atoms with Crippen LogP contribution >= 0.6 is 0 Å². The number of primary amides is 1. The molecule has 18 heavy (non-hydrogen) atoms. The quantitative estimate of drug-likeness (QED) is 0.891. The zero-order valence-corrected chi connectivity index (χ0v) is 11.9. The molecule has 0 aromatic heterocycles. The van der Waals surface area contributed by atoms with Gasteiger partial charge in [0.05, 0.1) is 6.61 Å². The van der Waals surface area contributed by atoms with Crippen molar-refractivity contribution in [2.45, 2.75) is 40.0 Å². The summed E-state index contributed by atoms with van der Waals surface area (Å²) < 4.78 is 5.81. The topological polar surface area (TPSA) is 52.3 Å². The van der Waals surface area contributed by atoms with E-state index in [9.17, 15) is 4.79 Å². The number of hydrogen-bond acceptors (Lipinski definition) is 2. The first-order chi connectivity index (χ1) is 8.21. The molecule has 0 aliphatic carbocycles. The number of rotatable bonds is 4. The van der Waals surface area contributed by atoms with Gasteiger partial charge in [-0.1, -0.05) is 34.6 Å². The molecule has 0 saturated carbocycles. The lowest BCUT2D eigenvalue weighted by Crippen LogP contribution is -2.18. The number of ether oxygens (including phenoxy) is 1. The maximum absolute atomic E-state index is 11.2. The Kier molecular flexibility index (Phi) is 4.38. The average molecular weight is 249 g/mol. The highest BCUT2D eigenvalue weighted by molar-refractivity contribution is 5.93. The summed E-state index contributed by atoms with van der Waals surface area (Å²) in [6, 6.07) is 5.38. The van der Waals surface area contributed by atoms with Crippen LogP contribution in [0, 0.1) is 5.92 Å². The van der Waals surface area contributed by atoms with Gasteiger partial charge in [-0.15, -0.1) is 0 Å². The Morgan fingerprint density at radius 2 is 1.94 bits per heavy atom. The number of carbonyl (C=O) groups excluding carboxylic acids is 1. The predicted molar refractivity (Wildman–Crippen MR) is 74.0 cm³/mol. The van der Waals surface area contributed by atoms with Crippen molar-refractivity contribution >= 4 is 5.91 Å². The molecule has 0 spiro atoms. The summed E-state index contributed by atoms with van der Waals surface area (Å²) in [7, 11) is 0. The molecule has 0 fully saturated rings. The van der Waals surface area contributed by atoms with Crippen molar-refractivity contribution in [2.24, 2.45) is 11.7 Å². The molecule has 1 aromatic carbocycles. The van der Waals surface area contributed by atoms with Crippen molar-refractivity contribution in [1.29, 1.82) is 0 Å². The molecular weight excluding hydrogens is 226 g/mol. The summed E-state index contributed by atoms with van der Waals surface area (Å²) in [6.07, 6.45) is 0. The highest BCUT2D eigenvalue weighted by Crippen LogP contribution is 2.32. The van der Waals surface area contributed by atoms with Gasteiger partial charge in [0.25, 0.3) is 0 Å². The molecule has 3 heteroatoms. The normalized spacial score (nSPS) is 11.7. The van der Waals surface area contributed by atoms with E-state index in [0.29, 0.717) is 18.1 Å². The van der Waals surface area contributed by atoms with E-state index in [0.717, 1.165) is 11.3 Å². The second-order valence-corrected chi connectivity index (χ2v) is 6.03. The van der Waals surface area contributed by atoms with Crippen LogP contribution in [0.3, 0.4) is 0 Å². The van der Waals surface area contributed by atoms with Crippen molar-refractivity contribution in [3.05, 3.63) is 29.3 Å². The summed E-state index contributed by atoms with van der Waals surface area (Å²) in [6.45, 7) is 11.2. The maximum atomic E-state index is 11.2. The van der Waals surface area contributed by atoms with Crippen LogP contribution in [0.15, 0.2) is 18.2 Å². The molecule has 0 aliphatic rings. The molecule has 1 rings (SSSR count). The Morgan fingerprint density at radius 1 is 1.33 bits per heavy atom. The SMILES string of the molecule is CC(C)COc1ccc(C(N)=O)cc1C(C)(C)C. The molecule has 100 valence electrons. The van der Waals surface area contributed by atoms with E-state index in [1.807, 2.05) is 12.1 Å². The van der Waals surface area contributed by atoms with E-state index in [-0.39, 0.29) is 5.41 Å². The Labute approximate surface area is 109 Å². The Bertz CT molecular complexity index is 431. The average Bonchev–Trinajstić information content (AvgIpc) is 2.24. The minimum absolute atomic E-state index is 0.0855. The van der Waals surface area contributed by atoms with Gasteiger partial charge in [-0.3, -0.25) is 4.79 Å². The van der Waals surface area contributed by atoms with Crippen molar-refractivity contribution < 1.29 is 9.53 Å². The monoisotopic (exact) mass is 249 g/mol. The summed E-state index contributed by atoms with van der Waals surface area (Å²) in [5, 5.41) is 0. The Hall–Kier alpha value is -1.51. The molecule has 0 saturated heterocycles. The fraction of sp³-hybridized carbons (Fsp3) is 0.533. The second kappa shape index (κ2) is 5.42. The summed E-state index contributed by atoms with van der Waals surface area (Å²) in [5.74, 6) is 0.894. The third-order valence-electron chi connectivity index (χ3n) is 2.64. The zero-order valence-electron chi connectivity index (χ0n) is 11.9. The fourth-order valence-corrected chi connectivity index (χ4v) is 1.65. The third kappa shape index (κ3) is 3.76. The van der Waals surface area contributed by atoms with Crippen LogP contribution in [0.1, 0.15) is 50.5 Å². The first-order valence-corrected chi connectivity index (χ1v) is 6.29. The zero-order chi connectivity index (χ0) is 13.9. The number of nitrogens with two attached hydrogens (primary N) is 1. The fourth-order valence-electron chi connectivity index (χ4n) is 1.65. The van der Waals surface area contributed by atoms with Crippen LogP contribution in [0.25, 0.3) is 0 Å². The largest absolute Gasteiger partial charge is 0.493 e. The van der Waals surface area contributed by atoms with Crippen LogP contribution in [0.4, 0.5) is 0 Å². The standard InChI is InChI=1S/C15H23NO2/c1-10(2)9-18-13-7-6-11(14(16)17)8-12(13)15(3,4)5/h6-8,10H,9H2,1-5H3,(H2,16,17). The number of carbonyl (C=O) groups is 1. The van der Waals surface area contributed by atoms with E-state index in [2.05, 4.69) is 34.6 Å². The Balaban J connectivity index is 3.13. The minimum atomic E-state index is -0.407. The Morgan fingerprint density at radius 3 is 2.39 bits per heavy atom. The molecule has 2 N–H and O–H groups in total. The van der Waals surface area contributed by atoms with Crippen LogP contribution in [0.5, 0.6) is 5.75 Å². The molecule has 3 nitrogen and oxygen atoms in total. The van der Waals surface area contributed by atoms with Gasteiger partial charge in [0.15, 0.2) is 0 Å². The van der Waals surface area contributed by atoms with Gasteiger partial charge in [0, 0.05) is 11.1 Å². The predicted octanol–water partition coefficient (Wildman–Crippen LogP) is 3.12. The first kappa shape index (κ1) is 14.6. The van der Waals surface area contributed by atoms with Crippen molar-refractivity contribution in [1.82, 2.24) is 0 Å². The lowest BCUT2D eigenvalue weighted by molar-refractivity contribution is 0.1000. The molecule has 0 unspecified atom stereocenters. The van der Waals surface area contributed by atoms with E-state index in [1.165, 1.54) is 0 Å². The minimum Gasteiger partial charge on any atom is -0.493 e. The first-order valence-electron chi connectivity index (χ1n) is 6.29. The van der Waals surface area contributed by atoms with Gasteiger partial charge in [-0.05, 0) is 29.5 Å². The van der Waals surface area contributed by atoms with E-state index in [1.54, 1.807) is 6.07 Å². The summed E-state index contributed by atoms with van der Waals surface area (Å²) in [4.78, 5) is 11.2. The second-order valence-electron chi connectivity index (χ2n) is 6.03. The summed E-state index contributed by atoms with van der Waals surface area (Å²) in [5.41, 5.74) is 6.77. The van der Waals surface area contributed by atoms with Gasteiger partial charge < -0.3 is 10.5 Å². The van der Waals surface area contributed by atoms with Crippen LogP contribution in [-0.2, 0) is 5.41 Å². The smallest absolute Gasteiger partial charge is 0.248 e. The molecular formula is C15H23NO2. The van der Waals surface area contributed by atoms with Gasteiger partial charge in [0.1, 0.15) is 5.75 Å². The number of amides is 1. The van der Waals surface area contributed by atoms with Gasteiger partial charge in [0.2, 0.25) is 5.91 Å². The van der Waals surface area contributed by atoms with Crippen molar-refractivity contribution in [3.63, 3.8) is 0 Å². The maximum Gasteiger partial charge on any atom is 0.248 e. The molecule has 1 amide bonds. The lowest BCUT2D eigenvalue weighted by atomic mass is 9.85. The number of hydrogen-bond donors (Lipinski definition) is 1. The van der Waals surface area contributed by atoms with Gasteiger partial charge in [-0.2, -0.15) is 0 Å². The highest BCUT2D eigenvalue weighted by Gasteiger charge is 2.20.